The molecule has 0 atom stereocenters. The topological polar surface area (TPSA) is 101 Å². The lowest BCUT2D eigenvalue weighted by Gasteiger charge is -2.23. The molecule has 0 spiro atoms. The first-order chi connectivity index (χ1) is 22.2. The first-order valence-electron chi connectivity index (χ1n) is 15.1. The number of halogens is 3. The molecule has 4 aromatic rings. The van der Waals surface area contributed by atoms with Gasteiger partial charge in [-0.1, -0.05) is 18.2 Å². The molecular formula is C36H37F3N4O4. The molecule has 0 fully saturated rings. The van der Waals surface area contributed by atoms with E-state index in [2.05, 4.69) is 20.5 Å². The fourth-order valence-electron chi connectivity index (χ4n) is 4.82. The molecule has 8 nitrogen and oxygen atoms in total. The van der Waals surface area contributed by atoms with Crippen LogP contribution in [0.5, 0.6) is 0 Å². The summed E-state index contributed by atoms with van der Waals surface area (Å²) in [6.07, 6.45) is -3.04. The molecule has 0 radical (unpaired) electrons. The van der Waals surface area contributed by atoms with E-state index in [1.54, 1.807) is 51.1 Å². The molecular weight excluding hydrogens is 609 g/mol. The summed E-state index contributed by atoms with van der Waals surface area (Å²) in [7, 11) is 0. The molecule has 1 heterocycles. The maximum Gasteiger partial charge on any atom is 0.416 e. The zero-order chi connectivity index (χ0) is 34.4. The predicted octanol–water partition coefficient (Wildman–Crippen LogP) is 7.75. The number of esters is 1. The zero-order valence-electron chi connectivity index (χ0n) is 26.9. The van der Waals surface area contributed by atoms with Gasteiger partial charge in [-0.15, -0.1) is 0 Å². The number of aromatic nitrogens is 1. The van der Waals surface area contributed by atoms with Gasteiger partial charge in [-0.05, 0) is 101 Å². The van der Waals surface area contributed by atoms with E-state index in [0.29, 0.717) is 22.5 Å². The number of hydrogen-bond donors (Lipinski definition) is 2. The molecule has 2 amide bonds. The minimum absolute atomic E-state index is 0.110. The maximum atomic E-state index is 13.4. The summed E-state index contributed by atoms with van der Waals surface area (Å²) < 4.78 is 44.8. The van der Waals surface area contributed by atoms with Gasteiger partial charge in [-0.2, -0.15) is 13.2 Å². The van der Waals surface area contributed by atoms with E-state index in [1.165, 1.54) is 30.5 Å². The van der Waals surface area contributed by atoms with Gasteiger partial charge in [0.05, 0.1) is 22.5 Å². The van der Waals surface area contributed by atoms with Crippen molar-refractivity contribution in [3.8, 4) is 11.3 Å². The van der Waals surface area contributed by atoms with Crippen molar-refractivity contribution in [1.29, 1.82) is 0 Å². The van der Waals surface area contributed by atoms with Crippen molar-refractivity contribution in [2.75, 3.05) is 23.3 Å². The lowest BCUT2D eigenvalue weighted by Crippen LogP contribution is -2.24. The van der Waals surface area contributed by atoms with Crippen molar-refractivity contribution in [2.24, 2.45) is 0 Å². The quantitative estimate of drug-likeness (QED) is 0.171. The monoisotopic (exact) mass is 646 g/mol. The highest BCUT2D eigenvalue weighted by molar-refractivity contribution is 6.07. The van der Waals surface area contributed by atoms with Crippen LogP contribution in [0.15, 0.2) is 85.1 Å². The summed E-state index contributed by atoms with van der Waals surface area (Å²) in [5, 5.41) is 5.58. The number of anilines is 2. The Morgan fingerprint density at radius 1 is 0.809 bits per heavy atom. The normalized spacial score (nSPS) is 11.5. The summed E-state index contributed by atoms with van der Waals surface area (Å²) in [5.41, 5.74) is 1.73. The van der Waals surface area contributed by atoms with Crippen molar-refractivity contribution < 1.29 is 32.3 Å². The van der Waals surface area contributed by atoms with Crippen molar-refractivity contribution in [1.82, 2.24) is 10.3 Å². The van der Waals surface area contributed by atoms with E-state index in [0.717, 1.165) is 30.9 Å². The Kier molecular flexibility index (Phi) is 10.7. The lowest BCUT2D eigenvalue weighted by molar-refractivity contribution is -0.137. The number of pyridine rings is 1. The molecule has 4 rings (SSSR count). The molecule has 0 aliphatic heterocycles. The van der Waals surface area contributed by atoms with Gasteiger partial charge in [0, 0.05) is 48.2 Å². The number of carbonyl (C=O) groups is 3. The molecule has 3 aromatic carbocycles. The second-order valence-electron chi connectivity index (χ2n) is 11.7. The number of amides is 2. The third kappa shape index (κ3) is 9.18. The van der Waals surface area contributed by atoms with Crippen LogP contribution in [-0.4, -0.2) is 41.5 Å². The van der Waals surface area contributed by atoms with E-state index in [-0.39, 0.29) is 23.2 Å². The van der Waals surface area contributed by atoms with Crippen LogP contribution >= 0.6 is 0 Å². The van der Waals surface area contributed by atoms with Gasteiger partial charge in [0.2, 0.25) is 0 Å². The Labute approximate surface area is 272 Å². The number of rotatable bonds is 10. The smallest absolute Gasteiger partial charge is 0.416 e. The van der Waals surface area contributed by atoms with Gasteiger partial charge >= 0.3 is 12.1 Å². The van der Waals surface area contributed by atoms with Crippen molar-refractivity contribution in [3.63, 3.8) is 0 Å². The molecule has 2 N–H and O–H groups in total. The highest BCUT2D eigenvalue weighted by atomic mass is 19.4. The average molecular weight is 647 g/mol. The van der Waals surface area contributed by atoms with Crippen LogP contribution < -0.4 is 15.5 Å². The SMILES string of the molecule is CCN(CC)c1ccc(NC(=O)c2cccc(C(=O)OC(C)(C)C)c2)c(-c2cc(C(=O)NCc3cccc(C(F)(F)F)c3)ccn2)c1. The molecule has 246 valence electrons. The van der Waals surface area contributed by atoms with Gasteiger partial charge in [-0.3, -0.25) is 14.6 Å². The standard InChI is InChI=1S/C36H37F3N4O4/c1-6-43(7-2)28-14-15-30(42-33(45)24-11-9-12-26(19-24)34(46)47-35(3,4)5)29(21-28)31-20-25(16-17-40-31)32(44)41-22-23-10-8-13-27(18-23)36(37,38)39/h8-21H,6-7,22H2,1-5H3,(H,41,44)(H,42,45). The number of benzene rings is 3. The second kappa shape index (κ2) is 14.5. The number of ether oxygens (including phenoxy) is 1. The number of hydrogen-bond acceptors (Lipinski definition) is 6. The molecule has 0 aliphatic rings. The van der Waals surface area contributed by atoms with Crippen LogP contribution in [0, 0.1) is 0 Å². The maximum absolute atomic E-state index is 13.4. The van der Waals surface area contributed by atoms with Crippen LogP contribution in [0.2, 0.25) is 0 Å². The minimum Gasteiger partial charge on any atom is -0.456 e. The van der Waals surface area contributed by atoms with Crippen molar-refractivity contribution >= 4 is 29.2 Å². The Bertz CT molecular complexity index is 1760. The molecule has 0 saturated heterocycles. The van der Waals surface area contributed by atoms with E-state index in [9.17, 15) is 27.6 Å². The van der Waals surface area contributed by atoms with Crippen LogP contribution in [0.25, 0.3) is 11.3 Å². The molecule has 47 heavy (non-hydrogen) atoms. The van der Waals surface area contributed by atoms with Gasteiger partial charge < -0.3 is 20.3 Å². The second-order valence-corrected chi connectivity index (χ2v) is 11.7. The summed E-state index contributed by atoms with van der Waals surface area (Å²) in [4.78, 5) is 45.7. The van der Waals surface area contributed by atoms with Crippen LogP contribution in [0.1, 0.15) is 76.8 Å². The zero-order valence-corrected chi connectivity index (χ0v) is 26.9. The van der Waals surface area contributed by atoms with E-state index < -0.39 is 35.1 Å². The Balaban J connectivity index is 1.62. The number of nitrogens with one attached hydrogen (secondary N) is 2. The van der Waals surface area contributed by atoms with Gasteiger partial charge in [0.15, 0.2) is 0 Å². The fourth-order valence-corrected chi connectivity index (χ4v) is 4.82. The largest absolute Gasteiger partial charge is 0.456 e. The molecule has 0 saturated carbocycles. The third-order valence-corrected chi connectivity index (χ3v) is 7.14. The first kappa shape index (κ1) is 34.7. The van der Waals surface area contributed by atoms with E-state index in [4.69, 9.17) is 4.74 Å². The van der Waals surface area contributed by atoms with E-state index >= 15 is 0 Å². The highest BCUT2D eigenvalue weighted by Crippen LogP contribution is 2.33. The Hall–Kier alpha value is -5.19. The van der Waals surface area contributed by atoms with Gasteiger partial charge in [0.1, 0.15) is 5.60 Å². The highest BCUT2D eigenvalue weighted by Gasteiger charge is 2.30. The minimum atomic E-state index is -4.49. The van der Waals surface area contributed by atoms with Gasteiger partial charge in [-0.25, -0.2) is 4.79 Å². The Morgan fingerprint density at radius 3 is 2.17 bits per heavy atom. The average Bonchev–Trinajstić information content (AvgIpc) is 3.03. The fraction of sp³-hybridized carbons (Fsp3) is 0.278. The Morgan fingerprint density at radius 2 is 1.49 bits per heavy atom. The number of nitrogens with zero attached hydrogens (tertiary/aromatic N) is 2. The van der Waals surface area contributed by atoms with Crippen molar-refractivity contribution in [2.45, 2.75) is 52.9 Å². The van der Waals surface area contributed by atoms with Gasteiger partial charge in [0.25, 0.3) is 11.8 Å². The molecule has 0 unspecified atom stereocenters. The summed E-state index contributed by atoms with van der Waals surface area (Å²) >= 11 is 0. The summed E-state index contributed by atoms with van der Waals surface area (Å²) in [6.45, 7) is 10.7. The predicted molar refractivity (Wildman–Crippen MR) is 175 cm³/mol. The first-order valence-corrected chi connectivity index (χ1v) is 15.1. The van der Waals surface area contributed by atoms with Crippen LogP contribution in [-0.2, 0) is 17.5 Å². The van der Waals surface area contributed by atoms with Crippen molar-refractivity contribution in [3.05, 3.63) is 113 Å². The van der Waals surface area contributed by atoms with E-state index in [1.807, 2.05) is 26.0 Å². The molecule has 1 aromatic heterocycles. The molecule has 0 aliphatic carbocycles. The molecule has 11 heteroatoms. The number of carbonyl (C=O) groups excluding carboxylic acids is 3. The lowest BCUT2D eigenvalue weighted by atomic mass is 10.0. The summed E-state index contributed by atoms with van der Waals surface area (Å²) in [5.74, 6) is -1.53. The number of alkyl halides is 3. The van der Waals surface area contributed by atoms with Crippen LogP contribution in [0.4, 0.5) is 24.5 Å². The third-order valence-electron chi connectivity index (χ3n) is 7.14. The molecule has 0 bridgehead atoms. The van der Waals surface area contributed by atoms with Crippen LogP contribution in [0.3, 0.4) is 0 Å². The summed E-state index contributed by atoms with van der Waals surface area (Å²) in [6, 6.07) is 19.5.